The molecule has 5 unspecified atom stereocenters. The summed E-state index contributed by atoms with van der Waals surface area (Å²) < 4.78 is 0. The standard InChI is InChI=1S/C11H26N2O4/c1-6(14)5-10(12,7(2)15)11(13,8(3)16)9(4)17/h6-9,14-17H,5,12-13H2,1-4H3. The molecular formula is C11H26N2O4. The molecule has 0 saturated heterocycles. The van der Waals surface area contributed by atoms with Crippen LogP contribution in [0.3, 0.4) is 0 Å². The summed E-state index contributed by atoms with van der Waals surface area (Å²) in [5.41, 5.74) is 8.97. The molecule has 0 aromatic carbocycles. The largest absolute Gasteiger partial charge is 0.393 e. The fourth-order valence-corrected chi connectivity index (χ4v) is 2.32. The van der Waals surface area contributed by atoms with Crippen LogP contribution in [0.4, 0.5) is 0 Å². The Morgan fingerprint density at radius 2 is 1.18 bits per heavy atom. The van der Waals surface area contributed by atoms with Crippen molar-refractivity contribution in [2.24, 2.45) is 11.5 Å². The summed E-state index contributed by atoms with van der Waals surface area (Å²) in [5, 5.41) is 38.8. The van der Waals surface area contributed by atoms with E-state index in [1.807, 2.05) is 0 Å². The van der Waals surface area contributed by atoms with Crippen LogP contribution in [0.2, 0.25) is 0 Å². The van der Waals surface area contributed by atoms with Gasteiger partial charge in [-0.2, -0.15) is 0 Å². The van der Waals surface area contributed by atoms with Gasteiger partial charge in [0.2, 0.25) is 0 Å². The molecule has 0 rings (SSSR count). The Kier molecular flexibility index (Phi) is 5.52. The van der Waals surface area contributed by atoms with Crippen LogP contribution in [-0.2, 0) is 0 Å². The highest BCUT2D eigenvalue weighted by atomic mass is 16.3. The van der Waals surface area contributed by atoms with Crippen LogP contribution in [0.15, 0.2) is 0 Å². The van der Waals surface area contributed by atoms with E-state index in [4.69, 9.17) is 11.5 Å². The minimum atomic E-state index is -1.61. The SMILES string of the molecule is CC(O)CC(N)(C(C)O)C(N)(C(C)O)C(C)O. The maximum absolute atomic E-state index is 9.82. The summed E-state index contributed by atoms with van der Waals surface area (Å²) in [5.74, 6) is 0. The minimum absolute atomic E-state index is 0.0308. The normalized spacial score (nSPS) is 26.5. The first-order chi connectivity index (χ1) is 7.50. The number of hydrogen-bond acceptors (Lipinski definition) is 6. The molecule has 0 aliphatic heterocycles. The Balaban J connectivity index is 5.54. The van der Waals surface area contributed by atoms with E-state index in [2.05, 4.69) is 0 Å². The summed E-state index contributed by atoms with van der Waals surface area (Å²) in [6.45, 7) is 5.74. The van der Waals surface area contributed by atoms with Gasteiger partial charge in [-0.1, -0.05) is 0 Å². The average Bonchev–Trinajstić information content (AvgIpc) is 2.13. The smallest absolute Gasteiger partial charge is 0.0882 e. The van der Waals surface area contributed by atoms with Gasteiger partial charge >= 0.3 is 0 Å². The molecule has 8 N–H and O–H groups in total. The Hall–Kier alpha value is -0.240. The zero-order valence-electron chi connectivity index (χ0n) is 11.0. The van der Waals surface area contributed by atoms with Crippen LogP contribution in [0.1, 0.15) is 34.1 Å². The van der Waals surface area contributed by atoms with Crippen molar-refractivity contribution in [1.29, 1.82) is 0 Å². The molecule has 0 radical (unpaired) electrons. The Morgan fingerprint density at radius 3 is 1.35 bits per heavy atom. The van der Waals surface area contributed by atoms with Gasteiger partial charge in [-0.05, 0) is 34.1 Å². The van der Waals surface area contributed by atoms with Crippen LogP contribution in [-0.4, -0.2) is 55.9 Å². The van der Waals surface area contributed by atoms with Gasteiger partial charge < -0.3 is 31.9 Å². The highest BCUT2D eigenvalue weighted by Crippen LogP contribution is 2.32. The summed E-state index contributed by atoms with van der Waals surface area (Å²) in [4.78, 5) is 0. The Morgan fingerprint density at radius 1 is 0.824 bits per heavy atom. The number of rotatable bonds is 6. The van der Waals surface area contributed by atoms with Crippen molar-refractivity contribution in [3.63, 3.8) is 0 Å². The summed E-state index contributed by atoms with van der Waals surface area (Å²) >= 11 is 0. The predicted octanol–water partition coefficient (Wildman–Crippen LogP) is -1.71. The van der Waals surface area contributed by atoms with E-state index in [-0.39, 0.29) is 6.42 Å². The highest BCUT2D eigenvalue weighted by molar-refractivity contribution is 5.15. The second-order valence-electron chi connectivity index (χ2n) is 5.05. The molecule has 0 amide bonds. The first-order valence-electron chi connectivity index (χ1n) is 5.80. The van der Waals surface area contributed by atoms with Gasteiger partial charge in [0.25, 0.3) is 0 Å². The van der Waals surface area contributed by atoms with E-state index in [0.717, 1.165) is 0 Å². The van der Waals surface area contributed by atoms with Gasteiger partial charge in [-0.15, -0.1) is 0 Å². The lowest BCUT2D eigenvalue weighted by Crippen LogP contribution is -2.79. The monoisotopic (exact) mass is 250 g/mol. The number of hydrogen-bond donors (Lipinski definition) is 6. The first-order valence-corrected chi connectivity index (χ1v) is 5.80. The second-order valence-corrected chi connectivity index (χ2v) is 5.05. The molecule has 5 atom stereocenters. The highest BCUT2D eigenvalue weighted by Gasteiger charge is 2.55. The number of nitrogens with two attached hydrogens (primary N) is 2. The van der Waals surface area contributed by atoms with E-state index >= 15 is 0 Å². The molecule has 0 saturated carbocycles. The third-order valence-electron chi connectivity index (χ3n) is 3.57. The van der Waals surface area contributed by atoms with Crippen LogP contribution in [0.25, 0.3) is 0 Å². The zero-order chi connectivity index (χ0) is 14.0. The maximum Gasteiger partial charge on any atom is 0.0882 e. The molecule has 104 valence electrons. The molecule has 0 heterocycles. The van der Waals surface area contributed by atoms with Crippen LogP contribution in [0.5, 0.6) is 0 Å². The van der Waals surface area contributed by atoms with Crippen LogP contribution in [0, 0.1) is 0 Å². The van der Waals surface area contributed by atoms with Crippen molar-refractivity contribution < 1.29 is 20.4 Å². The van der Waals surface area contributed by atoms with E-state index < -0.39 is 35.5 Å². The lowest BCUT2D eigenvalue weighted by Gasteiger charge is -2.51. The lowest BCUT2D eigenvalue weighted by atomic mass is 9.66. The van der Waals surface area contributed by atoms with Gasteiger partial charge in [0.05, 0.1) is 35.5 Å². The zero-order valence-corrected chi connectivity index (χ0v) is 11.0. The van der Waals surface area contributed by atoms with Crippen molar-refractivity contribution in [1.82, 2.24) is 0 Å². The minimum Gasteiger partial charge on any atom is -0.393 e. The van der Waals surface area contributed by atoms with Crippen molar-refractivity contribution >= 4 is 0 Å². The maximum atomic E-state index is 9.82. The molecule has 0 aliphatic rings. The third kappa shape index (κ3) is 2.96. The predicted molar refractivity (Wildman–Crippen MR) is 65.2 cm³/mol. The quantitative estimate of drug-likeness (QED) is 0.333. The van der Waals surface area contributed by atoms with Crippen LogP contribution < -0.4 is 11.5 Å². The van der Waals surface area contributed by atoms with Gasteiger partial charge in [-0.3, -0.25) is 0 Å². The Bertz CT molecular complexity index is 236. The van der Waals surface area contributed by atoms with Crippen molar-refractivity contribution in [2.45, 2.75) is 69.6 Å². The average molecular weight is 250 g/mol. The first kappa shape index (κ1) is 16.8. The fraction of sp³-hybridized carbons (Fsp3) is 1.00. The summed E-state index contributed by atoms with van der Waals surface area (Å²) in [7, 11) is 0. The molecule has 6 heteroatoms. The third-order valence-corrected chi connectivity index (χ3v) is 3.57. The van der Waals surface area contributed by atoms with Gasteiger partial charge in [-0.25, -0.2) is 0 Å². The molecule has 0 aliphatic carbocycles. The number of aliphatic hydroxyl groups is 4. The van der Waals surface area contributed by atoms with Gasteiger partial charge in [0.1, 0.15) is 0 Å². The molecule has 6 nitrogen and oxygen atoms in total. The molecular weight excluding hydrogens is 224 g/mol. The molecule has 17 heavy (non-hydrogen) atoms. The van der Waals surface area contributed by atoms with E-state index in [9.17, 15) is 20.4 Å². The van der Waals surface area contributed by atoms with Crippen molar-refractivity contribution in [3.05, 3.63) is 0 Å². The van der Waals surface area contributed by atoms with E-state index in [1.54, 1.807) is 0 Å². The summed E-state index contributed by atoms with van der Waals surface area (Å²) in [6, 6.07) is 0. The second kappa shape index (κ2) is 5.60. The van der Waals surface area contributed by atoms with Gasteiger partial charge in [0, 0.05) is 0 Å². The van der Waals surface area contributed by atoms with E-state index in [1.165, 1.54) is 27.7 Å². The molecule has 0 bridgehead atoms. The van der Waals surface area contributed by atoms with Crippen molar-refractivity contribution in [3.8, 4) is 0 Å². The fourth-order valence-electron chi connectivity index (χ4n) is 2.32. The molecule has 0 aromatic heterocycles. The Labute approximate surface area is 102 Å². The lowest BCUT2D eigenvalue weighted by molar-refractivity contribution is -0.0882. The topological polar surface area (TPSA) is 133 Å². The number of aliphatic hydroxyl groups excluding tert-OH is 4. The van der Waals surface area contributed by atoms with Crippen LogP contribution >= 0.6 is 0 Å². The molecule has 0 fully saturated rings. The molecule has 0 spiro atoms. The van der Waals surface area contributed by atoms with E-state index in [0.29, 0.717) is 0 Å². The molecule has 0 aromatic rings. The summed E-state index contributed by atoms with van der Waals surface area (Å²) in [6.07, 6.45) is -4.21. The van der Waals surface area contributed by atoms with Crippen molar-refractivity contribution in [2.75, 3.05) is 0 Å². The van der Waals surface area contributed by atoms with Gasteiger partial charge in [0.15, 0.2) is 0 Å².